The third kappa shape index (κ3) is 6.08. The van der Waals surface area contributed by atoms with Crippen molar-refractivity contribution in [2.45, 2.75) is 32.4 Å². The molecule has 1 aliphatic heterocycles. The second-order valence-electron chi connectivity index (χ2n) is 8.21. The van der Waals surface area contributed by atoms with Gasteiger partial charge < -0.3 is 26.0 Å². The highest BCUT2D eigenvalue weighted by molar-refractivity contribution is 5.99. The molecule has 3 rings (SSSR count). The fraction of sp³-hybridized carbons (Fsp3) is 0.333. The third-order valence-electron chi connectivity index (χ3n) is 5.22. The Kier molecular flexibility index (Phi) is 7.81. The predicted octanol–water partition coefficient (Wildman–Crippen LogP) is 2.03. The number of nitrogens with zero attached hydrogens (tertiary/aromatic N) is 2. The zero-order valence-electron chi connectivity index (χ0n) is 18.9. The summed E-state index contributed by atoms with van der Waals surface area (Å²) in [6.45, 7) is 4.37. The number of halogens is 1. The molecule has 178 valence electrons. The number of nitrogens with two attached hydrogens (primary N) is 1. The number of nitriles is 1. The van der Waals surface area contributed by atoms with Gasteiger partial charge in [-0.05, 0) is 49.7 Å². The van der Waals surface area contributed by atoms with Crippen LogP contribution in [0.1, 0.15) is 35.3 Å². The van der Waals surface area contributed by atoms with Crippen LogP contribution in [0.4, 0.5) is 15.8 Å². The van der Waals surface area contributed by atoms with E-state index < -0.39 is 23.7 Å². The fourth-order valence-corrected chi connectivity index (χ4v) is 3.57. The molecule has 1 saturated heterocycles. The van der Waals surface area contributed by atoms with Crippen molar-refractivity contribution in [3.8, 4) is 6.07 Å². The van der Waals surface area contributed by atoms with Crippen LogP contribution >= 0.6 is 0 Å². The average Bonchev–Trinajstić information content (AvgIpc) is 2.79. The highest BCUT2D eigenvalue weighted by Gasteiger charge is 2.29. The van der Waals surface area contributed by atoms with Crippen molar-refractivity contribution in [3.63, 3.8) is 0 Å². The molecule has 0 bridgehead atoms. The lowest BCUT2D eigenvalue weighted by molar-refractivity contribution is -0.144. The highest BCUT2D eigenvalue weighted by Crippen LogP contribution is 2.20. The van der Waals surface area contributed by atoms with Crippen molar-refractivity contribution in [1.29, 1.82) is 5.26 Å². The number of ether oxygens (including phenoxy) is 1. The lowest BCUT2D eigenvalue weighted by Gasteiger charge is -2.32. The maximum absolute atomic E-state index is 13.8. The second kappa shape index (κ2) is 10.8. The van der Waals surface area contributed by atoms with Crippen LogP contribution in [0.2, 0.25) is 0 Å². The Labute approximate surface area is 196 Å². The first-order chi connectivity index (χ1) is 16.2. The van der Waals surface area contributed by atoms with Crippen LogP contribution in [0.5, 0.6) is 0 Å². The van der Waals surface area contributed by atoms with Crippen molar-refractivity contribution in [2.24, 2.45) is 5.73 Å². The Balaban J connectivity index is 1.64. The molecule has 1 aliphatic rings. The molecule has 1 atom stereocenters. The molecule has 0 saturated carbocycles. The minimum Gasteiger partial charge on any atom is -0.382 e. The monoisotopic (exact) mass is 467 g/mol. The van der Waals surface area contributed by atoms with E-state index in [-0.39, 0.29) is 42.8 Å². The van der Waals surface area contributed by atoms with Crippen molar-refractivity contribution in [1.82, 2.24) is 4.90 Å². The number of amides is 3. The largest absolute Gasteiger partial charge is 0.382 e. The number of carbonyl (C=O) groups excluding carboxylic acids is 3. The number of anilines is 2. The summed E-state index contributed by atoms with van der Waals surface area (Å²) in [7, 11) is 0. The summed E-state index contributed by atoms with van der Waals surface area (Å²) in [6, 6.07) is 10.6. The van der Waals surface area contributed by atoms with Gasteiger partial charge in [0.25, 0.3) is 11.8 Å². The average molecular weight is 468 g/mol. The van der Waals surface area contributed by atoms with Crippen LogP contribution in [0.15, 0.2) is 36.4 Å². The van der Waals surface area contributed by atoms with E-state index in [2.05, 4.69) is 10.6 Å². The van der Waals surface area contributed by atoms with E-state index in [4.69, 9.17) is 15.7 Å². The van der Waals surface area contributed by atoms with E-state index in [0.717, 1.165) is 6.07 Å². The molecular weight excluding hydrogens is 441 g/mol. The number of carbonyl (C=O) groups is 3. The van der Waals surface area contributed by atoms with Gasteiger partial charge in [0.05, 0.1) is 30.7 Å². The molecule has 34 heavy (non-hydrogen) atoms. The zero-order chi connectivity index (χ0) is 24.8. The number of primary amides is 1. The first-order valence-electron chi connectivity index (χ1n) is 10.8. The first kappa shape index (κ1) is 24.7. The van der Waals surface area contributed by atoms with Gasteiger partial charge >= 0.3 is 0 Å². The normalized spacial score (nSPS) is 15.5. The van der Waals surface area contributed by atoms with Crippen molar-refractivity contribution < 1.29 is 23.5 Å². The molecular formula is C24H26FN5O4. The summed E-state index contributed by atoms with van der Waals surface area (Å²) >= 11 is 0. The zero-order valence-corrected chi connectivity index (χ0v) is 18.9. The molecule has 0 aliphatic carbocycles. The molecule has 1 heterocycles. The maximum atomic E-state index is 13.8. The fourth-order valence-electron chi connectivity index (χ4n) is 3.57. The molecule has 0 aromatic heterocycles. The van der Waals surface area contributed by atoms with Crippen molar-refractivity contribution in [3.05, 3.63) is 58.9 Å². The Hall–Kier alpha value is -3.97. The summed E-state index contributed by atoms with van der Waals surface area (Å²) < 4.78 is 19.3. The molecule has 4 N–H and O–H groups in total. The van der Waals surface area contributed by atoms with E-state index >= 15 is 0 Å². The van der Waals surface area contributed by atoms with Gasteiger partial charge in [-0.25, -0.2) is 4.39 Å². The maximum Gasteiger partial charge on any atom is 0.255 e. The van der Waals surface area contributed by atoms with Crippen LogP contribution in [0.25, 0.3) is 0 Å². The Morgan fingerprint density at radius 2 is 2.03 bits per heavy atom. The summed E-state index contributed by atoms with van der Waals surface area (Å²) in [6.07, 6.45) is -0.910. The molecule has 10 heteroatoms. The van der Waals surface area contributed by atoms with Gasteiger partial charge in [0.2, 0.25) is 5.91 Å². The van der Waals surface area contributed by atoms with Gasteiger partial charge in [0.1, 0.15) is 11.9 Å². The van der Waals surface area contributed by atoms with Crippen LogP contribution in [-0.4, -0.2) is 54.5 Å². The molecule has 0 unspecified atom stereocenters. The molecule has 1 fully saturated rings. The smallest absolute Gasteiger partial charge is 0.255 e. The molecule has 0 spiro atoms. The third-order valence-corrected chi connectivity index (χ3v) is 5.22. The Morgan fingerprint density at radius 3 is 2.68 bits per heavy atom. The van der Waals surface area contributed by atoms with Crippen molar-refractivity contribution >= 4 is 29.1 Å². The molecule has 2 aromatic carbocycles. The molecule has 3 amide bonds. The van der Waals surface area contributed by atoms with Crippen molar-refractivity contribution in [2.75, 3.05) is 30.3 Å². The molecule has 2 aromatic rings. The Morgan fingerprint density at radius 1 is 1.26 bits per heavy atom. The topological polar surface area (TPSA) is 138 Å². The summed E-state index contributed by atoms with van der Waals surface area (Å²) in [4.78, 5) is 38.8. The number of benzene rings is 2. The SMILES string of the molecule is CC(C)Nc1ccc(CC(=O)N2CCO[C@@H](C(=O)Nc3ccc(C#N)c(F)c3)C2)cc1C(N)=O. The van der Waals surface area contributed by atoms with E-state index in [1.165, 1.54) is 17.0 Å². The first-order valence-corrected chi connectivity index (χ1v) is 10.8. The minimum absolute atomic E-state index is 0.0252. The highest BCUT2D eigenvalue weighted by atomic mass is 19.1. The quantitative estimate of drug-likeness (QED) is 0.570. The second-order valence-corrected chi connectivity index (χ2v) is 8.21. The van der Waals surface area contributed by atoms with Gasteiger partial charge in [-0.1, -0.05) is 6.07 Å². The van der Waals surface area contributed by atoms with Gasteiger partial charge in [-0.3, -0.25) is 14.4 Å². The van der Waals surface area contributed by atoms with E-state index in [1.807, 2.05) is 13.8 Å². The molecule has 9 nitrogen and oxygen atoms in total. The lowest BCUT2D eigenvalue weighted by Crippen LogP contribution is -2.50. The van der Waals surface area contributed by atoms with Gasteiger partial charge in [-0.2, -0.15) is 5.26 Å². The Bertz CT molecular complexity index is 1140. The number of morpholine rings is 1. The number of hydrogen-bond acceptors (Lipinski definition) is 6. The van der Waals surface area contributed by atoms with Gasteiger partial charge in [0, 0.05) is 24.0 Å². The van der Waals surface area contributed by atoms with Crippen LogP contribution in [0.3, 0.4) is 0 Å². The molecule has 0 radical (unpaired) electrons. The van der Waals surface area contributed by atoms with E-state index in [0.29, 0.717) is 23.4 Å². The number of nitrogens with one attached hydrogen (secondary N) is 2. The summed E-state index contributed by atoms with van der Waals surface area (Å²) in [5, 5.41) is 14.5. The van der Waals surface area contributed by atoms with Crippen LogP contribution in [0, 0.1) is 17.1 Å². The number of rotatable bonds is 7. The summed E-state index contributed by atoms with van der Waals surface area (Å²) in [5.74, 6) is -2.10. The minimum atomic E-state index is -0.935. The van der Waals surface area contributed by atoms with Crippen LogP contribution in [-0.2, 0) is 20.7 Å². The van der Waals surface area contributed by atoms with Crippen LogP contribution < -0.4 is 16.4 Å². The van der Waals surface area contributed by atoms with Gasteiger partial charge in [-0.15, -0.1) is 0 Å². The standard InChI is InChI=1S/C24H26FN5O4/c1-14(2)28-20-6-3-15(9-18(20)23(27)32)10-22(31)30-7-8-34-21(13-30)24(33)29-17-5-4-16(12-26)19(25)11-17/h3-6,9,11,14,21,28H,7-8,10,13H2,1-2H3,(H2,27,32)(H,29,33)/t21-/m1/s1. The van der Waals surface area contributed by atoms with E-state index in [1.54, 1.807) is 24.3 Å². The number of hydrogen-bond donors (Lipinski definition) is 3. The van der Waals surface area contributed by atoms with E-state index in [9.17, 15) is 18.8 Å². The summed E-state index contributed by atoms with van der Waals surface area (Å²) in [5.41, 5.74) is 7.07. The van der Waals surface area contributed by atoms with Gasteiger partial charge in [0.15, 0.2) is 6.10 Å². The predicted molar refractivity (Wildman–Crippen MR) is 123 cm³/mol. The lowest BCUT2D eigenvalue weighted by atomic mass is 10.0.